The molecule has 1 aromatic carbocycles. The molecule has 1 saturated carbocycles. The highest BCUT2D eigenvalue weighted by Crippen LogP contribution is 2.21. The van der Waals surface area contributed by atoms with Crippen LogP contribution in [0, 0.1) is 0 Å². The number of hydrogen-bond acceptors (Lipinski definition) is 3. The van der Waals surface area contributed by atoms with Gasteiger partial charge in [-0.3, -0.25) is 4.79 Å². The molecule has 21 heavy (non-hydrogen) atoms. The summed E-state index contributed by atoms with van der Waals surface area (Å²) in [6.07, 6.45) is 3.32. The first-order valence-electron chi connectivity index (χ1n) is 7.69. The molecule has 0 aromatic heterocycles. The van der Waals surface area contributed by atoms with Crippen LogP contribution < -0.4 is 0 Å². The second kappa shape index (κ2) is 7.81. The average molecular weight is 289 g/mol. The number of ketones is 1. The van der Waals surface area contributed by atoms with Crippen molar-refractivity contribution < 1.29 is 14.3 Å². The van der Waals surface area contributed by atoms with Crippen LogP contribution in [0.1, 0.15) is 44.6 Å². The van der Waals surface area contributed by atoms with E-state index in [0.717, 1.165) is 24.8 Å². The van der Waals surface area contributed by atoms with Crippen LogP contribution in [0.4, 0.5) is 4.79 Å². The highest BCUT2D eigenvalue weighted by Gasteiger charge is 2.28. The van der Waals surface area contributed by atoms with Crippen molar-refractivity contribution in [3.8, 4) is 0 Å². The minimum absolute atomic E-state index is 0.144. The van der Waals surface area contributed by atoms with Crippen LogP contribution in [0.2, 0.25) is 0 Å². The minimum Gasteiger partial charge on any atom is -0.445 e. The highest BCUT2D eigenvalue weighted by molar-refractivity contribution is 5.79. The SMILES string of the molecule is CCCN(C(=O)OCc1ccccc1)C1CCC(=O)CC1. The van der Waals surface area contributed by atoms with E-state index in [-0.39, 0.29) is 12.1 Å². The third-order valence-corrected chi connectivity index (χ3v) is 3.86. The topological polar surface area (TPSA) is 46.6 Å². The van der Waals surface area contributed by atoms with Crippen molar-refractivity contribution in [1.29, 1.82) is 0 Å². The maximum absolute atomic E-state index is 12.3. The van der Waals surface area contributed by atoms with Gasteiger partial charge in [-0.05, 0) is 24.8 Å². The lowest BCUT2D eigenvalue weighted by Crippen LogP contribution is -2.43. The Balaban J connectivity index is 1.90. The van der Waals surface area contributed by atoms with Crippen LogP contribution in [0.3, 0.4) is 0 Å². The Morgan fingerprint density at radius 2 is 1.90 bits per heavy atom. The Kier molecular flexibility index (Phi) is 5.78. The molecule has 0 aliphatic heterocycles. The molecule has 4 heteroatoms. The fourth-order valence-electron chi connectivity index (χ4n) is 2.70. The molecule has 0 bridgehead atoms. The molecular formula is C17H23NO3. The molecule has 0 heterocycles. The van der Waals surface area contributed by atoms with E-state index in [9.17, 15) is 9.59 Å². The molecule has 1 fully saturated rings. The predicted octanol–water partition coefficient (Wildman–Crippen LogP) is 3.55. The van der Waals surface area contributed by atoms with Crippen molar-refractivity contribution in [3.05, 3.63) is 35.9 Å². The number of nitrogens with zero attached hydrogens (tertiary/aromatic N) is 1. The van der Waals surface area contributed by atoms with Crippen LogP contribution in [-0.2, 0) is 16.1 Å². The summed E-state index contributed by atoms with van der Waals surface area (Å²) in [4.78, 5) is 25.4. The van der Waals surface area contributed by atoms with Crippen LogP contribution in [0.15, 0.2) is 30.3 Å². The lowest BCUT2D eigenvalue weighted by molar-refractivity contribution is -0.121. The fourth-order valence-corrected chi connectivity index (χ4v) is 2.70. The van der Waals surface area contributed by atoms with Gasteiger partial charge in [0, 0.05) is 25.4 Å². The van der Waals surface area contributed by atoms with Crippen molar-refractivity contribution in [2.45, 2.75) is 51.7 Å². The van der Waals surface area contributed by atoms with Gasteiger partial charge in [-0.15, -0.1) is 0 Å². The van der Waals surface area contributed by atoms with E-state index in [0.29, 0.717) is 31.8 Å². The quantitative estimate of drug-likeness (QED) is 0.833. The summed E-state index contributed by atoms with van der Waals surface area (Å²) in [5.74, 6) is 0.306. The van der Waals surface area contributed by atoms with Crippen molar-refractivity contribution >= 4 is 11.9 Å². The summed E-state index contributed by atoms with van der Waals surface area (Å²) in [7, 11) is 0. The number of carbonyl (C=O) groups excluding carboxylic acids is 2. The fraction of sp³-hybridized carbons (Fsp3) is 0.529. The van der Waals surface area contributed by atoms with E-state index in [4.69, 9.17) is 4.74 Å². The molecule has 0 atom stereocenters. The summed E-state index contributed by atoms with van der Waals surface area (Å²) in [6, 6.07) is 9.83. The monoisotopic (exact) mass is 289 g/mol. The molecule has 4 nitrogen and oxygen atoms in total. The maximum Gasteiger partial charge on any atom is 0.410 e. The van der Waals surface area contributed by atoms with Gasteiger partial charge in [0.15, 0.2) is 0 Å². The van der Waals surface area contributed by atoms with Crippen molar-refractivity contribution in [2.24, 2.45) is 0 Å². The Morgan fingerprint density at radius 3 is 2.52 bits per heavy atom. The summed E-state index contributed by atoms with van der Waals surface area (Å²) < 4.78 is 5.42. The van der Waals surface area contributed by atoms with E-state index in [1.807, 2.05) is 37.3 Å². The van der Waals surface area contributed by atoms with Gasteiger partial charge >= 0.3 is 6.09 Å². The van der Waals surface area contributed by atoms with Gasteiger partial charge in [-0.1, -0.05) is 37.3 Å². The average Bonchev–Trinajstić information content (AvgIpc) is 2.52. The van der Waals surface area contributed by atoms with Crippen molar-refractivity contribution in [2.75, 3.05) is 6.54 Å². The van der Waals surface area contributed by atoms with Gasteiger partial charge in [0.25, 0.3) is 0 Å². The first kappa shape index (κ1) is 15.5. The molecule has 0 saturated heterocycles. The maximum atomic E-state index is 12.3. The Bertz CT molecular complexity index is 462. The second-order valence-electron chi connectivity index (χ2n) is 5.50. The van der Waals surface area contributed by atoms with Crippen LogP contribution in [-0.4, -0.2) is 29.4 Å². The molecule has 0 spiro atoms. The molecule has 2 rings (SSSR count). The molecule has 1 aliphatic rings. The number of ether oxygens (including phenoxy) is 1. The Hall–Kier alpha value is -1.84. The van der Waals surface area contributed by atoms with E-state index in [2.05, 4.69) is 0 Å². The van der Waals surface area contributed by atoms with Gasteiger partial charge in [-0.2, -0.15) is 0 Å². The van der Waals surface area contributed by atoms with E-state index in [1.165, 1.54) is 0 Å². The zero-order chi connectivity index (χ0) is 15.1. The number of carbonyl (C=O) groups is 2. The zero-order valence-electron chi connectivity index (χ0n) is 12.6. The number of benzene rings is 1. The van der Waals surface area contributed by atoms with Crippen molar-refractivity contribution in [1.82, 2.24) is 4.90 Å². The van der Waals surface area contributed by atoms with E-state index >= 15 is 0 Å². The second-order valence-corrected chi connectivity index (χ2v) is 5.50. The summed E-state index contributed by atoms with van der Waals surface area (Å²) in [5, 5.41) is 0. The Morgan fingerprint density at radius 1 is 1.24 bits per heavy atom. The Labute approximate surface area is 126 Å². The van der Waals surface area contributed by atoms with Gasteiger partial charge < -0.3 is 9.64 Å². The molecule has 1 amide bonds. The lowest BCUT2D eigenvalue weighted by atomic mass is 9.93. The number of Topliss-reactive ketones (excluding diaryl/α,β-unsaturated/α-hetero) is 1. The molecular weight excluding hydrogens is 266 g/mol. The molecule has 0 N–H and O–H groups in total. The zero-order valence-corrected chi connectivity index (χ0v) is 12.6. The first-order chi connectivity index (χ1) is 10.2. The summed E-state index contributed by atoms with van der Waals surface area (Å²) in [6.45, 7) is 3.03. The first-order valence-corrected chi connectivity index (χ1v) is 7.69. The molecule has 1 aromatic rings. The highest BCUT2D eigenvalue weighted by atomic mass is 16.6. The molecule has 0 radical (unpaired) electrons. The minimum atomic E-state index is -0.264. The normalized spacial score (nSPS) is 15.8. The van der Waals surface area contributed by atoms with Gasteiger partial charge in [0.1, 0.15) is 12.4 Å². The predicted molar refractivity (Wildman–Crippen MR) is 80.9 cm³/mol. The smallest absolute Gasteiger partial charge is 0.410 e. The van der Waals surface area contributed by atoms with E-state index in [1.54, 1.807) is 4.90 Å². The lowest BCUT2D eigenvalue weighted by Gasteiger charge is -2.33. The van der Waals surface area contributed by atoms with Crippen LogP contribution in [0.25, 0.3) is 0 Å². The molecule has 114 valence electrons. The number of amides is 1. The largest absolute Gasteiger partial charge is 0.445 e. The van der Waals surface area contributed by atoms with Gasteiger partial charge in [0.2, 0.25) is 0 Å². The summed E-state index contributed by atoms with van der Waals surface area (Å²) in [5.41, 5.74) is 0.987. The standard InChI is InChI=1S/C17H23NO3/c1-2-12-18(15-8-10-16(19)11-9-15)17(20)21-13-14-6-4-3-5-7-14/h3-7,15H,2,8-13H2,1H3. The number of rotatable bonds is 5. The van der Waals surface area contributed by atoms with Crippen molar-refractivity contribution in [3.63, 3.8) is 0 Å². The molecule has 1 aliphatic carbocycles. The third-order valence-electron chi connectivity index (χ3n) is 3.86. The van der Waals surface area contributed by atoms with Crippen LogP contribution in [0.5, 0.6) is 0 Å². The summed E-state index contributed by atoms with van der Waals surface area (Å²) >= 11 is 0. The van der Waals surface area contributed by atoms with Gasteiger partial charge in [-0.25, -0.2) is 4.79 Å². The van der Waals surface area contributed by atoms with Gasteiger partial charge in [0.05, 0.1) is 0 Å². The number of hydrogen-bond donors (Lipinski definition) is 0. The van der Waals surface area contributed by atoms with E-state index < -0.39 is 0 Å². The molecule has 0 unspecified atom stereocenters. The van der Waals surface area contributed by atoms with Crippen LogP contribution >= 0.6 is 0 Å². The third kappa shape index (κ3) is 4.59.